The van der Waals surface area contributed by atoms with Gasteiger partial charge in [0.05, 0.1) is 27.3 Å². The average Bonchev–Trinajstić information content (AvgIpc) is 3.74. The number of fused-ring (bicyclic) bond motifs is 2. The highest BCUT2D eigenvalue weighted by Crippen LogP contribution is 2.68. The molecule has 4 aromatic heterocycles. The molecule has 0 amide bonds. The van der Waals surface area contributed by atoms with Crippen LogP contribution in [0.4, 0.5) is 11.9 Å². The Balaban J connectivity index is 0.00000320. The molecule has 4 aromatic rings. The fourth-order valence-electron chi connectivity index (χ4n) is 5.94. The minimum atomic E-state index is -6.38. The molecule has 2 unspecified atom stereocenters. The van der Waals surface area contributed by atoms with Crippen LogP contribution in [-0.2, 0) is 63.8 Å². The summed E-state index contributed by atoms with van der Waals surface area (Å²) in [6.07, 6.45) is -10.8. The molecule has 33 nitrogen and oxygen atoms in total. The van der Waals surface area contributed by atoms with E-state index >= 15 is 0 Å². The number of nitrogens with two attached hydrogens (primary N) is 2. The summed E-state index contributed by atoms with van der Waals surface area (Å²) in [5, 5.41) is 42.3. The number of nitrogen functional groups attached to an aromatic ring is 2. The van der Waals surface area contributed by atoms with Crippen LogP contribution < -0.4 is 66.1 Å². The second-order valence-corrected chi connectivity index (χ2v) is 18.8. The Morgan fingerprint density at radius 2 is 1.03 bits per heavy atom. The summed E-state index contributed by atoms with van der Waals surface area (Å²) >= 11 is 0. The highest BCUT2D eigenvalue weighted by Gasteiger charge is 2.49. The first-order valence-electron chi connectivity index (χ1n) is 15.7. The highest BCUT2D eigenvalue weighted by atomic mass is 31.3. The maximum absolute atomic E-state index is 12.7. The van der Waals surface area contributed by atoms with E-state index in [2.05, 4.69) is 32.9 Å². The predicted octanol–water partition coefficient (Wildman–Crippen LogP) is -5.26. The zero-order chi connectivity index (χ0) is 42.2. The third-order valence-electron chi connectivity index (χ3n) is 8.27. The number of hydrogen-bond acceptors (Lipinski definition) is 27. The van der Waals surface area contributed by atoms with Gasteiger partial charge in [-0.3, -0.25) is 47.0 Å². The normalized spacial score (nSPS) is 27.7. The Hall–Kier alpha value is -3.33. The first-order chi connectivity index (χ1) is 26.3. The van der Waals surface area contributed by atoms with E-state index < -0.39 is 104 Å². The van der Waals surface area contributed by atoms with Crippen LogP contribution >= 0.6 is 30.6 Å². The summed E-state index contributed by atoms with van der Waals surface area (Å²) in [5.74, 6) is -0.590. The van der Waals surface area contributed by atoms with Gasteiger partial charge in [0.25, 0.3) is 53.6 Å². The first kappa shape index (κ1) is 53.8. The van der Waals surface area contributed by atoms with E-state index in [1.165, 1.54) is 35.9 Å². The molecule has 2 saturated heterocycles. The zero-order valence-corrected chi connectivity index (χ0v) is 35.3. The number of aromatic amines is 2. The Bertz CT molecular complexity index is 2380. The molecule has 22 N–H and O–H groups in total. The van der Waals surface area contributed by atoms with Crippen LogP contribution in [0.15, 0.2) is 22.2 Å². The molecule has 2 aliphatic rings. The minimum absolute atomic E-state index is 0. The molecule has 61 heavy (non-hydrogen) atoms. The van der Waals surface area contributed by atoms with Crippen molar-refractivity contribution in [3.05, 3.63) is 33.4 Å². The molecule has 0 spiro atoms. The third-order valence-corrected chi connectivity index (χ3v) is 14.3. The van der Waals surface area contributed by atoms with Gasteiger partial charge in [-0.1, -0.05) is 9.97 Å². The van der Waals surface area contributed by atoms with E-state index in [4.69, 9.17) is 45.1 Å². The number of H-pyrrole nitrogens is 2. The molecule has 0 aromatic carbocycles. The second-order valence-electron chi connectivity index (χ2n) is 12.4. The number of rotatable bonds is 14. The second kappa shape index (κ2) is 19.2. The number of phosphoric acid groups is 2. The van der Waals surface area contributed by atoms with Gasteiger partial charge < -0.3 is 84.8 Å². The molecular formula is C22H42B2N14O19P4. The number of ether oxygens (including phenoxy) is 2. The first-order valence-corrected chi connectivity index (χ1v) is 21.8. The third kappa shape index (κ3) is 11.3. The Morgan fingerprint density at radius 3 is 1.36 bits per heavy atom. The lowest BCUT2D eigenvalue weighted by Crippen LogP contribution is -2.46. The Morgan fingerprint density at radius 1 is 0.705 bits per heavy atom. The molecule has 6 rings (SSSR count). The van der Waals surface area contributed by atoms with Crippen LogP contribution in [0, 0.1) is 0 Å². The molecular weight excluding hydrogens is 910 g/mol. The van der Waals surface area contributed by atoms with Crippen LogP contribution in [0.3, 0.4) is 0 Å². The predicted molar refractivity (Wildman–Crippen MR) is 201 cm³/mol. The maximum Gasteiger partial charge on any atom is 0.313 e. The van der Waals surface area contributed by atoms with Crippen molar-refractivity contribution in [1.82, 2.24) is 53.7 Å². The summed E-state index contributed by atoms with van der Waals surface area (Å²) < 4.78 is 87.3. The number of hydrogen-bond donors (Lipinski definition) is 12. The maximum atomic E-state index is 12.7. The topological polar surface area (TPSA) is 561 Å². The number of aliphatic hydroxyl groups is 4. The van der Waals surface area contributed by atoms with E-state index in [0.717, 1.165) is 9.13 Å². The fourth-order valence-corrected chi connectivity index (χ4v) is 11.0. The van der Waals surface area contributed by atoms with Gasteiger partial charge in [-0.05, 0) is 0 Å². The summed E-state index contributed by atoms with van der Waals surface area (Å²) in [6.45, 7) is -2.12. The Kier molecular flexibility index (Phi) is 16.9. The van der Waals surface area contributed by atoms with Crippen molar-refractivity contribution >= 4 is 79.9 Å². The van der Waals surface area contributed by atoms with Gasteiger partial charge >= 0.3 is 11.3 Å². The lowest BCUT2D eigenvalue weighted by molar-refractivity contribution is -0.746. The fraction of sp³-hybridized carbons (Fsp3) is 0.545. The van der Waals surface area contributed by atoms with Crippen molar-refractivity contribution in [3.63, 3.8) is 0 Å². The number of nitrogens with one attached hydrogen (secondary N) is 2. The summed E-state index contributed by atoms with van der Waals surface area (Å²) in [5.41, 5.74) is 9.74. The van der Waals surface area contributed by atoms with E-state index in [0.29, 0.717) is 0 Å². The largest absolute Gasteiger partial charge is 0.756 e. The molecule has 0 aliphatic carbocycles. The SMILES string of the molecule is N.N.N.N.[B][P@](=O)(OC[C@H]1O[C@@H]([n+]2cn(C)c3c(=O)[nH]c(N)nc32)[C@H](O)[C@@H]1O)OP(=O)([O-])OP(=O)([O-])O[P@]([B])(=O)OC[C@H]1O[C@@H]([n+]2cn(C)c3c(=O)[nH]c(N)nc32)[C@H](O)[C@@H]1O. The summed E-state index contributed by atoms with van der Waals surface area (Å²) in [4.78, 5) is 61.9. The number of aromatic nitrogens is 8. The van der Waals surface area contributed by atoms with Gasteiger partial charge in [0.1, 0.15) is 36.6 Å². The van der Waals surface area contributed by atoms with Gasteiger partial charge in [0.15, 0.2) is 12.7 Å². The van der Waals surface area contributed by atoms with Crippen molar-refractivity contribution in [3.8, 4) is 0 Å². The van der Waals surface area contributed by atoms with E-state index in [-0.39, 0.29) is 58.8 Å². The number of nitrogens with zero attached hydrogens (tertiary/aromatic N) is 6. The summed E-state index contributed by atoms with van der Waals surface area (Å²) in [6, 6.07) is 0. The van der Waals surface area contributed by atoms with Crippen LogP contribution in [0.25, 0.3) is 22.3 Å². The van der Waals surface area contributed by atoms with E-state index in [1.54, 1.807) is 0 Å². The van der Waals surface area contributed by atoms with Gasteiger partial charge in [-0.25, -0.2) is 22.1 Å². The number of aryl methyl sites for hydroxylation is 2. The van der Waals surface area contributed by atoms with Crippen LogP contribution in [0.5, 0.6) is 0 Å². The smallest absolute Gasteiger partial charge is 0.313 e. The average molecular weight is 952 g/mol. The zero-order valence-electron chi connectivity index (χ0n) is 31.7. The summed E-state index contributed by atoms with van der Waals surface area (Å²) in [7, 11) is -10.1. The lowest BCUT2D eigenvalue weighted by Gasteiger charge is -2.33. The van der Waals surface area contributed by atoms with Gasteiger partial charge in [-0.2, -0.15) is 0 Å². The van der Waals surface area contributed by atoms with Gasteiger partial charge in [0, 0.05) is 0 Å². The van der Waals surface area contributed by atoms with Gasteiger partial charge in [0.2, 0.25) is 38.6 Å². The van der Waals surface area contributed by atoms with Crippen molar-refractivity contribution in [1.29, 1.82) is 0 Å². The standard InChI is InChI=1S/C22H30B2N10O19P4.4H3N/c1-31-5-33(15-9(31)17(39)29-21(25)27-15)19-13(37)11(35)7(49-19)3-47-54(23,41)51-56(43,44)53-57(45,46)52-55(24,42)48-4-8-12(36)14(38)20(50-8)34-6-32(2)10-16(34)28-22(26)30-18(10)40;;;;/h5-8,11-14,19-20,35-38H,3-4H2,1-2H3,(H6-2,25,26,27,28,29,30,39,40,43,44,45,46);4*1H3/t7-,8-,11-,12-,13-,14-,19-,20-,54-,55+;;;;/m1..../s1. The van der Waals surface area contributed by atoms with Crippen molar-refractivity contribution < 1.29 is 89.1 Å². The molecule has 340 valence electrons. The molecule has 6 heterocycles. The Labute approximate surface area is 343 Å². The molecule has 2 fully saturated rings. The quantitative estimate of drug-likeness (QED) is 0.0319. The molecule has 2 aliphatic heterocycles. The molecule has 0 saturated carbocycles. The van der Waals surface area contributed by atoms with E-state index in [9.17, 15) is 58.1 Å². The van der Waals surface area contributed by atoms with Crippen molar-refractivity contribution in [2.24, 2.45) is 14.1 Å². The van der Waals surface area contributed by atoms with Crippen LogP contribution in [-0.4, -0.2) is 114 Å². The molecule has 12 atom stereocenters. The number of imidazole rings is 2. The monoisotopic (exact) mass is 952 g/mol. The number of anilines is 2. The van der Waals surface area contributed by atoms with Gasteiger partial charge in [-0.15, -0.1) is 0 Å². The van der Waals surface area contributed by atoms with E-state index in [1.807, 2.05) is 0 Å². The highest BCUT2D eigenvalue weighted by molar-refractivity contribution is 7.85. The minimum Gasteiger partial charge on any atom is -0.756 e. The molecule has 4 radical (unpaired) electrons. The number of aliphatic hydroxyl groups excluding tert-OH is 4. The van der Waals surface area contributed by atoms with Crippen LogP contribution in [0.1, 0.15) is 12.5 Å². The molecule has 0 bridgehead atoms. The van der Waals surface area contributed by atoms with Crippen molar-refractivity contribution in [2.45, 2.75) is 49.1 Å². The molecule has 39 heteroatoms. The van der Waals surface area contributed by atoms with Crippen LogP contribution in [0.2, 0.25) is 0 Å². The lowest BCUT2D eigenvalue weighted by atomic mass is 10.1. The van der Waals surface area contributed by atoms with Crippen molar-refractivity contribution in [2.75, 3.05) is 24.7 Å².